The summed E-state index contributed by atoms with van der Waals surface area (Å²) in [4.78, 5) is 0. The lowest BCUT2D eigenvalue weighted by Gasteiger charge is -2.29. The second-order valence-corrected chi connectivity index (χ2v) is 3.72. The number of ether oxygens (including phenoxy) is 2. The van der Waals surface area contributed by atoms with Crippen LogP contribution in [0.3, 0.4) is 0 Å². The van der Waals surface area contributed by atoms with E-state index in [2.05, 4.69) is 13.2 Å². The Bertz CT molecular complexity index is 233. The van der Waals surface area contributed by atoms with E-state index in [4.69, 9.17) is 14.6 Å². The summed E-state index contributed by atoms with van der Waals surface area (Å²) in [7, 11) is 0. The lowest BCUT2D eigenvalue weighted by molar-refractivity contribution is -0.147. The minimum Gasteiger partial charge on any atom is -0.394 e. The van der Waals surface area contributed by atoms with Crippen LogP contribution in [0.4, 0.5) is 0 Å². The average molecular weight is 262 g/mol. The Morgan fingerprint density at radius 3 is 2.11 bits per heavy atom. The highest BCUT2D eigenvalue weighted by Crippen LogP contribution is 2.10. The third-order valence-corrected chi connectivity index (χ3v) is 2.23. The van der Waals surface area contributed by atoms with Crippen LogP contribution in [0.2, 0.25) is 0 Å². The lowest BCUT2D eigenvalue weighted by atomic mass is 10.0. The van der Waals surface area contributed by atoms with Crippen molar-refractivity contribution in [3.63, 3.8) is 0 Å². The second kappa shape index (κ2) is 10.2. The van der Waals surface area contributed by atoms with Crippen molar-refractivity contribution in [1.29, 1.82) is 0 Å². The highest BCUT2D eigenvalue weighted by molar-refractivity contribution is 4.83. The van der Waals surface area contributed by atoms with E-state index < -0.39 is 31.0 Å². The molecule has 0 amide bonds. The summed E-state index contributed by atoms with van der Waals surface area (Å²) in [5, 5.41) is 37.8. The molecule has 106 valence electrons. The maximum Gasteiger partial charge on any atom is 0.114 e. The number of aliphatic hydroxyl groups excluding tert-OH is 4. The van der Waals surface area contributed by atoms with Gasteiger partial charge >= 0.3 is 0 Å². The Morgan fingerprint density at radius 1 is 1.00 bits per heavy atom. The maximum absolute atomic E-state index is 9.82. The van der Waals surface area contributed by atoms with E-state index in [1.165, 1.54) is 12.2 Å². The van der Waals surface area contributed by atoms with Crippen LogP contribution in [0.15, 0.2) is 25.3 Å². The number of hydrogen-bond donors (Lipinski definition) is 4. The summed E-state index contributed by atoms with van der Waals surface area (Å²) in [5.41, 5.74) is 0. The van der Waals surface area contributed by atoms with Gasteiger partial charge in [0.05, 0.1) is 26.4 Å². The molecule has 0 aliphatic heterocycles. The van der Waals surface area contributed by atoms with E-state index in [1.807, 2.05) is 0 Å². The summed E-state index contributed by atoms with van der Waals surface area (Å²) in [6.07, 6.45) is -2.08. The van der Waals surface area contributed by atoms with Crippen molar-refractivity contribution in [1.82, 2.24) is 0 Å². The minimum atomic E-state index is -1.38. The highest BCUT2D eigenvalue weighted by Gasteiger charge is 2.32. The Morgan fingerprint density at radius 2 is 1.61 bits per heavy atom. The molecule has 4 unspecified atom stereocenters. The molecule has 0 aromatic heterocycles. The van der Waals surface area contributed by atoms with Gasteiger partial charge in [-0.05, 0) is 0 Å². The van der Waals surface area contributed by atoms with Gasteiger partial charge in [0.15, 0.2) is 0 Å². The van der Waals surface area contributed by atoms with E-state index in [0.29, 0.717) is 0 Å². The van der Waals surface area contributed by atoms with Gasteiger partial charge in [0.2, 0.25) is 0 Å². The Kier molecular flexibility index (Phi) is 9.76. The summed E-state index contributed by atoms with van der Waals surface area (Å²) in [6.45, 7) is 6.49. The molecule has 0 radical (unpaired) electrons. The molecule has 0 fully saturated rings. The topological polar surface area (TPSA) is 99.4 Å². The Labute approximate surface area is 107 Å². The van der Waals surface area contributed by atoms with Crippen LogP contribution in [-0.4, -0.2) is 71.3 Å². The summed E-state index contributed by atoms with van der Waals surface area (Å²) in [5.74, 6) is 0. The molecule has 0 aromatic carbocycles. The zero-order valence-electron chi connectivity index (χ0n) is 10.3. The fraction of sp³-hybridized carbons (Fsp3) is 0.667. The molecule has 0 heterocycles. The van der Waals surface area contributed by atoms with Gasteiger partial charge in [-0.2, -0.15) is 0 Å². The molecular weight excluding hydrogens is 240 g/mol. The molecule has 4 atom stereocenters. The van der Waals surface area contributed by atoms with Gasteiger partial charge in [-0.1, -0.05) is 12.2 Å². The van der Waals surface area contributed by atoms with E-state index >= 15 is 0 Å². The molecule has 0 aliphatic carbocycles. The number of hydrogen-bond acceptors (Lipinski definition) is 6. The van der Waals surface area contributed by atoms with Gasteiger partial charge in [-0.15, -0.1) is 13.2 Å². The molecule has 0 saturated carbocycles. The van der Waals surface area contributed by atoms with Crippen molar-refractivity contribution < 1.29 is 29.9 Å². The van der Waals surface area contributed by atoms with Crippen LogP contribution in [0.1, 0.15) is 0 Å². The van der Waals surface area contributed by atoms with Crippen molar-refractivity contribution >= 4 is 0 Å². The third-order valence-electron chi connectivity index (χ3n) is 2.23. The molecule has 6 heteroatoms. The fourth-order valence-electron chi connectivity index (χ4n) is 1.31. The average Bonchev–Trinajstić information content (AvgIpc) is 2.38. The molecule has 18 heavy (non-hydrogen) atoms. The van der Waals surface area contributed by atoms with Gasteiger partial charge in [-0.3, -0.25) is 0 Å². The summed E-state index contributed by atoms with van der Waals surface area (Å²) < 4.78 is 10.1. The quantitative estimate of drug-likeness (QED) is 0.277. The standard InChI is InChI=1S/C12H22O6/c1-3-5-17-8-10(15)11(16)12(9(14)7-13)18-6-4-2/h3-4,9-16H,1-2,5-8H2. The monoisotopic (exact) mass is 262 g/mol. The Hall–Kier alpha value is -0.760. The summed E-state index contributed by atoms with van der Waals surface area (Å²) >= 11 is 0. The molecule has 4 N–H and O–H groups in total. The van der Waals surface area contributed by atoms with Crippen molar-refractivity contribution in [2.75, 3.05) is 26.4 Å². The van der Waals surface area contributed by atoms with Gasteiger partial charge in [0, 0.05) is 0 Å². The van der Waals surface area contributed by atoms with Crippen LogP contribution in [0, 0.1) is 0 Å². The lowest BCUT2D eigenvalue weighted by Crippen LogP contribution is -2.49. The zero-order valence-corrected chi connectivity index (χ0v) is 10.3. The van der Waals surface area contributed by atoms with E-state index in [9.17, 15) is 15.3 Å². The highest BCUT2D eigenvalue weighted by atomic mass is 16.5. The first-order valence-electron chi connectivity index (χ1n) is 5.64. The molecule has 0 aliphatic rings. The molecule has 0 rings (SSSR count). The van der Waals surface area contributed by atoms with Crippen LogP contribution in [0.5, 0.6) is 0 Å². The number of rotatable bonds is 11. The van der Waals surface area contributed by atoms with Crippen molar-refractivity contribution in [2.45, 2.75) is 24.4 Å². The predicted octanol–water partition coefficient (Wildman–Crippen LogP) is -1.16. The molecule has 0 saturated heterocycles. The molecule has 0 aromatic rings. The third kappa shape index (κ3) is 6.25. The smallest absolute Gasteiger partial charge is 0.114 e. The van der Waals surface area contributed by atoms with Crippen molar-refractivity contribution in [3.05, 3.63) is 25.3 Å². The normalized spacial score (nSPS) is 17.8. The van der Waals surface area contributed by atoms with Crippen LogP contribution < -0.4 is 0 Å². The molecule has 0 bridgehead atoms. The van der Waals surface area contributed by atoms with Gasteiger partial charge in [0.25, 0.3) is 0 Å². The first-order chi connectivity index (χ1) is 8.58. The van der Waals surface area contributed by atoms with E-state index in [-0.39, 0.29) is 19.8 Å². The van der Waals surface area contributed by atoms with Gasteiger partial charge < -0.3 is 29.9 Å². The van der Waals surface area contributed by atoms with Gasteiger partial charge in [0.1, 0.15) is 24.4 Å². The SMILES string of the molecule is C=CCOCC(O)C(O)C(OCC=C)C(O)CO. The van der Waals surface area contributed by atoms with Gasteiger partial charge in [-0.25, -0.2) is 0 Å². The number of aliphatic hydroxyl groups is 4. The first-order valence-corrected chi connectivity index (χ1v) is 5.64. The Balaban J connectivity index is 4.36. The molecule has 0 spiro atoms. The fourth-order valence-corrected chi connectivity index (χ4v) is 1.31. The predicted molar refractivity (Wildman–Crippen MR) is 66.1 cm³/mol. The first kappa shape index (κ1) is 17.2. The minimum absolute atomic E-state index is 0.0824. The largest absolute Gasteiger partial charge is 0.394 e. The van der Waals surface area contributed by atoms with Crippen LogP contribution in [0.25, 0.3) is 0 Å². The second-order valence-electron chi connectivity index (χ2n) is 3.72. The zero-order chi connectivity index (χ0) is 14.0. The van der Waals surface area contributed by atoms with Crippen LogP contribution in [-0.2, 0) is 9.47 Å². The van der Waals surface area contributed by atoms with Crippen LogP contribution >= 0.6 is 0 Å². The summed E-state index contributed by atoms with van der Waals surface area (Å²) in [6, 6.07) is 0. The molecular formula is C12H22O6. The van der Waals surface area contributed by atoms with Crippen molar-refractivity contribution in [2.24, 2.45) is 0 Å². The molecule has 6 nitrogen and oxygen atoms in total. The van der Waals surface area contributed by atoms with E-state index in [1.54, 1.807) is 0 Å². The maximum atomic E-state index is 9.82. The van der Waals surface area contributed by atoms with Crippen molar-refractivity contribution in [3.8, 4) is 0 Å². The van der Waals surface area contributed by atoms with E-state index in [0.717, 1.165) is 0 Å².